The van der Waals surface area contributed by atoms with Crippen molar-refractivity contribution in [2.75, 3.05) is 9.80 Å². The summed E-state index contributed by atoms with van der Waals surface area (Å²) >= 11 is 1.56. The smallest absolute Gasteiger partial charge is 0.161 e. The fraction of sp³-hybridized carbons (Fsp3) is 0. The van der Waals surface area contributed by atoms with E-state index in [0.717, 1.165) is 97.7 Å². The number of benzene rings is 8. The number of aromatic nitrogens is 4. The van der Waals surface area contributed by atoms with Crippen LogP contribution in [0.4, 0.5) is 34.4 Å². The molecule has 0 N–H and O–H groups in total. The van der Waals surface area contributed by atoms with Gasteiger partial charge in [0, 0.05) is 50.5 Å². The molecule has 13 aromatic rings. The second-order valence-electron chi connectivity index (χ2n) is 15.1. The van der Waals surface area contributed by atoms with Gasteiger partial charge in [-0.2, -0.15) is 0 Å². The molecule has 9 heteroatoms. The zero-order valence-corrected chi connectivity index (χ0v) is 33.0. The topological polar surface area (TPSA) is 84.3 Å². The van der Waals surface area contributed by atoms with E-state index in [1.165, 1.54) is 0 Å². The quantitative estimate of drug-likeness (QED) is 0.164. The first kappa shape index (κ1) is 33.8. The first-order chi connectivity index (χ1) is 30.2. The van der Waals surface area contributed by atoms with Crippen molar-refractivity contribution in [2.24, 2.45) is 0 Å². The highest BCUT2D eigenvalue weighted by molar-refractivity contribution is 7.25. The minimum Gasteiger partial charge on any atom is -0.456 e. The van der Waals surface area contributed by atoms with Gasteiger partial charge in [0.15, 0.2) is 11.6 Å². The van der Waals surface area contributed by atoms with E-state index in [2.05, 4.69) is 149 Å². The lowest BCUT2D eigenvalue weighted by atomic mass is 10.1. The number of anilines is 6. The lowest BCUT2D eigenvalue weighted by Gasteiger charge is -2.25. The van der Waals surface area contributed by atoms with Gasteiger partial charge in [-0.15, -0.1) is 21.5 Å². The van der Waals surface area contributed by atoms with Gasteiger partial charge in [0.2, 0.25) is 0 Å². The first-order valence-electron chi connectivity index (χ1n) is 20.0. The van der Waals surface area contributed by atoms with E-state index in [9.17, 15) is 0 Å². The van der Waals surface area contributed by atoms with E-state index in [-0.39, 0.29) is 0 Å². The Bertz CT molecular complexity index is 3630. The van der Waals surface area contributed by atoms with Crippen LogP contribution in [0.3, 0.4) is 0 Å². The highest BCUT2D eigenvalue weighted by atomic mass is 32.1. The van der Waals surface area contributed by atoms with Gasteiger partial charge in [-0.1, -0.05) is 109 Å². The van der Waals surface area contributed by atoms with Crippen LogP contribution in [-0.4, -0.2) is 20.2 Å². The molecule has 8 aromatic carbocycles. The predicted molar refractivity (Wildman–Crippen MR) is 249 cm³/mol. The van der Waals surface area contributed by atoms with Gasteiger partial charge in [0.1, 0.15) is 38.2 Å². The molecule has 0 atom stereocenters. The third kappa shape index (κ3) is 5.31. The number of para-hydroxylation sites is 2. The predicted octanol–water partition coefficient (Wildman–Crippen LogP) is 14.7. The molecule has 0 aliphatic rings. The summed E-state index contributed by atoms with van der Waals surface area (Å²) in [5.41, 5.74) is 8.50. The van der Waals surface area contributed by atoms with E-state index >= 15 is 0 Å². The second-order valence-corrected chi connectivity index (χ2v) is 16.2. The van der Waals surface area contributed by atoms with Gasteiger partial charge in [0.25, 0.3) is 0 Å². The van der Waals surface area contributed by atoms with Crippen molar-refractivity contribution >= 4 is 132 Å². The van der Waals surface area contributed by atoms with Gasteiger partial charge in [-0.25, -0.2) is 9.97 Å². The van der Waals surface area contributed by atoms with Crippen LogP contribution in [0.2, 0.25) is 0 Å². The van der Waals surface area contributed by atoms with Crippen LogP contribution in [0.5, 0.6) is 0 Å². The third-order valence-corrected chi connectivity index (χ3v) is 12.6. The fourth-order valence-corrected chi connectivity index (χ4v) is 9.82. The molecule has 0 aliphatic carbocycles. The second kappa shape index (κ2) is 13.2. The molecule has 0 aliphatic heterocycles. The molecule has 286 valence electrons. The zero-order valence-electron chi connectivity index (χ0n) is 32.2. The Hall–Kier alpha value is -8.14. The van der Waals surface area contributed by atoms with Crippen LogP contribution >= 0.6 is 11.3 Å². The number of thiophene rings is 1. The average molecular weight is 803 g/mol. The Balaban J connectivity index is 0.981. The summed E-state index contributed by atoms with van der Waals surface area (Å²) in [5.74, 6) is 1.35. The molecule has 0 radical (unpaired) electrons. The number of rotatable bonds is 6. The van der Waals surface area contributed by atoms with E-state index in [1.807, 2.05) is 42.6 Å². The SMILES string of the molecule is c1ccc2c(N(c3ccc4c(c3)oc3ccccc34)c3cc4sc5nc(N(c6ccc7c(c6)oc6ccccc67)c6cccc7ccccc67)cnc5c4nn3)cccc2c1. The Morgan fingerprint density at radius 2 is 0.918 bits per heavy atom. The van der Waals surface area contributed by atoms with Crippen LogP contribution in [-0.2, 0) is 0 Å². The van der Waals surface area contributed by atoms with Gasteiger partial charge in [-0.05, 0) is 59.3 Å². The summed E-state index contributed by atoms with van der Waals surface area (Å²) in [6.45, 7) is 0. The molecule has 61 heavy (non-hydrogen) atoms. The monoisotopic (exact) mass is 802 g/mol. The Morgan fingerprint density at radius 1 is 0.410 bits per heavy atom. The lowest BCUT2D eigenvalue weighted by Crippen LogP contribution is -2.12. The standard InChI is InChI=1S/C52H30N6O2S/c1-3-15-35-31(11-1)13-9-19-41(35)57(33-23-25-39-37-17-5-7-21-43(37)59-45(39)27-33)48-29-47-50(56-55-48)51-52(61-47)54-49(30-53-51)58(42-20-10-14-32-12-2-4-16-36(32)42)34-24-26-40-38-18-6-8-22-44(38)60-46(40)28-34/h1-30H. The zero-order chi connectivity index (χ0) is 40.0. The molecule has 8 nitrogen and oxygen atoms in total. The summed E-state index contributed by atoms with van der Waals surface area (Å²) in [6.07, 6.45) is 1.83. The molecular weight excluding hydrogens is 773 g/mol. The van der Waals surface area contributed by atoms with Crippen molar-refractivity contribution in [1.29, 1.82) is 0 Å². The summed E-state index contributed by atoms with van der Waals surface area (Å²) in [7, 11) is 0. The number of fused-ring (bicyclic) bond motifs is 11. The highest BCUT2D eigenvalue weighted by Crippen LogP contribution is 2.44. The van der Waals surface area contributed by atoms with E-state index < -0.39 is 0 Å². The van der Waals surface area contributed by atoms with Crippen LogP contribution in [0.1, 0.15) is 0 Å². The summed E-state index contributed by atoms with van der Waals surface area (Å²) in [6, 6.07) is 60.6. The molecule has 5 heterocycles. The molecule has 0 spiro atoms. The van der Waals surface area contributed by atoms with E-state index in [1.54, 1.807) is 11.3 Å². The Morgan fingerprint density at radius 3 is 1.52 bits per heavy atom. The van der Waals surface area contributed by atoms with Crippen molar-refractivity contribution in [3.63, 3.8) is 0 Å². The molecule has 0 saturated carbocycles. The minimum atomic E-state index is 0.669. The number of furan rings is 2. The van der Waals surface area contributed by atoms with E-state index in [0.29, 0.717) is 22.7 Å². The molecule has 0 amide bonds. The maximum atomic E-state index is 6.38. The van der Waals surface area contributed by atoms with Gasteiger partial charge in [-0.3, -0.25) is 9.80 Å². The average Bonchev–Trinajstić information content (AvgIpc) is 3.99. The van der Waals surface area contributed by atoms with Crippen LogP contribution in [0.25, 0.3) is 86.0 Å². The molecule has 0 saturated heterocycles. The van der Waals surface area contributed by atoms with Crippen molar-refractivity contribution in [3.05, 3.63) is 182 Å². The van der Waals surface area contributed by atoms with Crippen molar-refractivity contribution in [2.45, 2.75) is 0 Å². The van der Waals surface area contributed by atoms with Crippen LogP contribution in [0.15, 0.2) is 191 Å². The molecule has 13 rings (SSSR count). The maximum Gasteiger partial charge on any atom is 0.161 e. The molecule has 0 bridgehead atoms. The van der Waals surface area contributed by atoms with Gasteiger partial charge in [0.05, 0.1) is 33.6 Å². The van der Waals surface area contributed by atoms with Crippen LogP contribution in [0, 0.1) is 0 Å². The van der Waals surface area contributed by atoms with Crippen molar-refractivity contribution in [1.82, 2.24) is 20.2 Å². The number of hydrogen-bond donors (Lipinski definition) is 0. The Kier molecular flexibility index (Phi) is 7.31. The molecule has 0 unspecified atom stereocenters. The lowest BCUT2D eigenvalue weighted by molar-refractivity contribution is 0.668. The largest absolute Gasteiger partial charge is 0.456 e. The molecular formula is C52H30N6O2S. The maximum absolute atomic E-state index is 6.38. The normalized spacial score (nSPS) is 11.9. The van der Waals surface area contributed by atoms with Crippen molar-refractivity contribution in [3.8, 4) is 0 Å². The highest BCUT2D eigenvalue weighted by Gasteiger charge is 2.23. The van der Waals surface area contributed by atoms with Crippen molar-refractivity contribution < 1.29 is 8.83 Å². The van der Waals surface area contributed by atoms with E-state index in [4.69, 9.17) is 29.0 Å². The Labute approximate surface area is 351 Å². The summed E-state index contributed by atoms with van der Waals surface area (Å²) in [5, 5.41) is 18.5. The van der Waals surface area contributed by atoms with Crippen LogP contribution < -0.4 is 9.80 Å². The number of hydrogen-bond acceptors (Lipinski definition) is 9. The summed E-state index contributed by atoms with van der Waals surface area (Å²) in [4.78, 5) is 15.5. The fourth-order valence-electron chi connectivity index (χ4n) is 8.83. The molecule has 5 aromatic heterocycles. The summed E-state index contributed by atoms with van der Waals surface area (Å²) < 4.78 is 13.7. The van der Waals surface area contributed by atoms with Gasteiger partial charge < -0.3 is 8.83 Å². The van der Waals surface area contributed by atoms with Gasteiger partial charge >= 0.3 is 0 Å². The molecule has 0 fully saturated rings. The minimum absolute atomic E-state index is 0.669. The first-order valence-corrected chi connectivity index (χ1v) is 20.8. The number of nitrogens with zero attached hydrogens (tertiary/aromatic N) is 6. The third-order valence-electron chi connectivity index (χ3n) is 11.6.